The van der Waals surface area contributed by atoms with Gasteiger partial charge in [-0.1, -0.05) is 12.0 Å². The zero-order valence-electron chi connectivity index (χ0n) is 10.0. The predicted octanol–water partition coefficient (Wildman–Crippen LogP) is 3.55. The summed E-state index contributed by atoms with van der Waals surface area (Å²) < 4.78 is 10.9. The largest absolute Gasteiger partial charge is 0.494 e. The summed E-state index contributed by atoms with van der Waals surface area (Å²) in [5.41, 5.74) is 8.09. The Hall–Kier alpha value is -1.87. The van der Waals surface area contributed by atoms with Crippen LogP contribution in [0.2, 0.25) is 0 Å². The van der Waals surface area contributed by atoms with Crippen molar-refractivity contribution in [3.8, 4) is 11.5 Å². The average Bonchev–Trinajstić information content (AvgIpc) is 2.37. The van der Waals surface area contributed by atoms with Crippen LogP contribution in [0.15, 0.2) is 29.4 Å². The van der Waals surface area contributed by atoms with Crippen LogP contribution in [-0.2, 0) is 0 Å². The Morgan fingerprint density at radius 1 is 1.12 bits per heavy atom. The Morgan fingerprint density at radius 2 is 1.71 bits per heavy atom. The number of nitrogens with zero attached hydrogens (tertiary/aromatic N) is 3. The van der Waals surface area contributed by atoms with Gasteiger partial charge in [0.05, 0.1) is 13.2 Å². The van der Waals surface area contributed by atoms with E-state index in [1.165, 1.54) is 0 Å². The van der Waals surface area contributed by atoms with Crippen molar-refractivity contribution >= 4 is 0 Å². The van der Waals surface area contributed by atoms with Gasteiger partial charge < -0.3 is 9.47 Å². The summed E-state index contributed by atoms with van der Waals surface area (Å²) in [6.45, 7) is 3.82. The zero-order chi connectivity index (χ0) is 12.3. The fourth-order valence-electron chi connectivity index (χ4n) is 1.22. The van der Waals surface area contributed by atoms with E-state index in [2.05, 4.69) is 16.9 Å². The minimum absolute atomic E-state index is 0.466. The smallest absolute Gasteiger partial charge is 0.119 e. The highest BCUT2D eigenvalue weighted by Gasteiger charge is 1.95. The molecule has 0 saturated heterocycles. The Bertz CT molecular complexity index is 359. The van der Waals surface area contributed by atoms with Gasteiger partial charge in [-0.05, 0) is 42.6 Å². The third-order valence-electron chi connectivity index (χ3n) is 2.03. The molecular weight excluding hydrogens is 218 g/mol. The molecular formula is C12H17N3O2. The van der Waals surface area contributed by atoms with Gasteiger partial charge in [-0.3, -0.25) is 0 Å². The molecule has 0 bridgehead atoms. The summed E-state index contributed by atoms with van der Waals surface area (Å²) in [4.78, 5) is 2.67. The molecule has 92 valence electrons. The molecule has 0 saturated carbocycles. The van der Waals surface area contributed by atoms with E-state index in [9.17, 15) is 0 Å². The van der Waals surface area contributed by atoms with Crippen LogP contribution < -0.4 is 9.47 Å². The number of azide groups is 1. The highest BCUT2D eigenvalue weighted by atomic mass is 16.5. The van der Waals surface area contributed by atoms with E-state index in [0.717, 1.165) is 30.9 Å². The van der Waals surface area contributed by atoms with Gasteiger partial charge in [-0.25, -0.2) is 0 Å². The predicted molar refractivity (Wildman–Crippen MR) is 66.4 cm³/mol. The lowest BCUT2D eigenvalue weighted by Gasteiger charge is -2.07. The molecule has 1 aromatic carbocycles. The average molecular weight is 235 g/mol. The fourth-order valence-corrected chi connectivity index (χ4v) is 1.22. The van der Waals surface area contributed by atoms with Crippen LogP contribution in [0.25, 0.3) is 10.4 Å². The van der Waals surface area contributed by atoms with Crippen LogP contribution in [0, 0.1) is 0 Å². The second-order valence-electron chi connectivity index (χ2n) is 3.48. The first-order chi connectivity index (χ1) is 8.36. The van der Waals surface area contributed by atoms with E-state index in [-0.39, 0.29) is 0 Å². The summed E-state index contributed by atoms with van der Waals surface area (Å²) in [5, 5.41) is 3.43. The summed E-state index contributed by atoms with van der Waals surface area (Å²) in [6.07, 6.45) is 1.72. The lowest BCUT2D eigenvalue weighted by atomic mass is 10.3. The highest BCUT2D eigenvalue weighted by molar-refractivity contribution is 5.31. The normalized spacial score (nSPS) is 9.47. The van der Waals surface area contributed by atoms with E-state index in [1.54, 1.807) is 0 Å². The Morgan fingerprint density at radius 3 is 2.24 bits per heavy atom. The molecule has 0 radical (unpaired) electrons. The third kappa shape index (κ3) is 5.68. The highest BCUT2D eigenvalue weighted by Crippen LogP contribution is 2.17. The van der Waals surface area contributed by atoms with Crippen LogP contribution >= 0.6 is 0 Å². The number of ether oxygens (including phenoxy) is 2. The molecule has 0 N–H and O–H groups in total. The summed E-state index contributed by atoms with van der Waals surface area (Å²) >= 11 is 0. The molecule has 0 aromatic heterocycles. The lowest BCUT2D eigenvalue weighted by Crippen LogP contribution is -1.99. The van der Waals surface area contributed by atoms with Crippen molar-refractivity contribution in [2.75, 3.05) is 19.8 Å². The second kappa shape index (κ2) is 8.30. The van der Waals surface area contributed by atoms with Crippen molar-refractivity contribution in [1.29, 1.82) is 0 Å². The monoisotopic (exact) mass is 235 g/mol. The molecule has 0 aliphatic carbocycles. The van der Waals surface area contributed by atoms with Crippen molar-refractivity contribution in [2.24, 2.45) is 5.11 Å². The van der Waals surface area contributed by atoms with E-state index in [4.69, 9.17) is 15.0 Å². The minimum Gasteiger partial charge on any atom is -0.494 e. The number of benzene rings is 1. The molecule has 5 nitrogen and oxygen atoms in total. The van der Waals surface area contributed by atoms with Crippen molar-refractivity contribution in [3.63, 3.8) is 0 Å². The molecule has 1 rings (SSSR count). The minimum atomic E-state index is 0.466. The summed E-state index contributed by atoms with van der Waals surface area (Å²) in [6, 6.07) is 7.52. The molecule has 0 heterocycles. The van der Waals surface area contributed by atoms with Gasteiger partial charge >= 0.3 is 0 Å². The van der Waals surface area contributed by atoms with E-state index >= 15 is 0 Å². The maximum Gasteiger partial charge on any atom is 0.119 e. The molecule has 0 fully saturated rings. The second-order valence-corrected chi connectivity index (χ2v) is 3.48. The van der Waals surface area contributed by atoms with E-state index in [1.807, 2.05) is 24.3 Å². The standard InChI is InChI=1S/C12H17N3O2/c1-2-9-16-11-4-6-12(7-5-11)17-10-3-8-14-15-13/h4-7H,2-3,8-10H2,1H3. The molecule has 0 amide bonds. The molecule has 0 atom stereocenters. The van der Waals surface area contributed by atoms with Gasteiger partial charge in [0.2, 0.25) is 0 Å². The van der Waals surface area contributed by atoms with E-state index < -0.39 is 0 Å². The van der Waals surface area contributed by atoms with Gasteiger partial charge in [0.1, 0.15) is 11.5 Å². The SMILES string of the molecule is CCCOc1ccc(OCCCN=[N+]=[N-])cc1. The van der Waals surface area contributed by atoms with Gasteiger partial charge in [0, 0.05) is 11.5 Å². The number of hydrogen-bond donors (Lipinski definition) is 0. The van der Waals surface area contributed by atoms with Gasteiger partial charge in [0.25, 0.3) is 0 Å². The Kier molecular flexibility index (Phi) is 6.44. The zero-order valence-corrected chi connectivity index (χ0v) is 10.0. The Balaban J connectivity index is 2.27. The van der Waals surface area contributed by atoms with Gasteiger partial charge in [0.15, 0.2) is 0 Å². The molecule has 0 spiro atoms. The van der Waals surface area contributed by atoms with Crippen LogP contribution in [0.3, 0.4) is 0 Å². The van der Waals surface area contributed by atoms with Crippen molar-refractivity contribution < 1.29 is 9.47 Å². The van der Waals surface area contributed by atoms with Crippen LogP contribution in [-0.4, -0.2) is 19.8 Å². The van der Waals surface area contributed by atoms with Crippen LogP contribution in [0.1, 0.15) is 19.8 Å². The fraction of sp³-hybridized carbons (Fsp3) is 0.500. The first-order valence-electron chi connectivity index (χ1n) is 5.73. The maximum absolute atomic E-state index is 8.09. The number of rotatable bonds is 8. The first kappa shape index (κ1) is 13.2. The quantitative estimate of drug-likeness (QED) is 0.299. The van der Waals surface area contributed by atoms with Gasteiger partial charge in [-0.15, -0.1) is 0 Å². The Labute approximate surface area is 101 Å². The topological polar surface area (TPSA) is 67.2 Å². The maximum atomic E-state index is 8.09. The molecule has 0 aliphatic heterocycles. The summed E-state index contributed by atoms with van der Waals surface area (Å²) in [5.74, 6) is 1.66. The van der Waals surface area contributed by atoms with Crippen molar-refractivity contribution in [2.45, 2.75) is 19.8 Å². The molecule has 0 aliphatic rings. The summed E-state index contributed by atoms with van der Waals surface area (Å²) in [7, 11) is 0. The van der Waals surface area contributed by atoms with E-state index in [0.29, 0.717) is 13.2 Å². The molecule has 0 unspecified atom stereocenters. The first-order valence-corrected chi connectivity index (χ1v) is 5.73. The van der Waals surface area contributed by atoms with Gasteiger partial charge in [-0.2, -0.15) is 0 Å². The molecule has 1 aromatic rings. The van der Waals surface area contributed by atoms with Crippen LogP contribution in [0.5, 0.6) is 11.5 Å². The molecule has 5 heteroatoms. The number of hydrogen-bond acceptors (Lipinski definition) is 3. The third-order valence-corrected chi connectivity index (χ3v) is 2.03. The van der Waals surface area contributed by atoms with Crippen molar-refractivity contribution in [1.82, 2.24) is 0 Å². The molecule has 17 heavy (non-hydrogen) atoms. The lowest BCUT2D eigenvalue weighted by molar-refractivity contribution is 0.306. The van der Waals surface area contributed by atoms with Crippen molar-refractivity contribution in [3.05, 3.63) is 34.7 Å². The van der Waals surface area contributed by atoms with Crippen LogP contribution in [0.4, 0.5) is 0 Å².